The van der Waals surface area contributed by atoms with Gasteiger partial charge in [-0.05, 0) is 13.8 Å². The summed E-state index contributed by atoms with van der Waals surface area (Å²) in [7, 11) is 0. The van der Waals surface area contributed by atoms with Gasteiger partial charge in [0.1, 0.15) is 0 Å². The molecule has 4 nitrogen and oxygen atoms in total. The maximum Gasteiger partial charge on any atom is 0.216 e. The number of nitrogens with one attached hydrogen (secondary N) is 1. The summed E-state index contributed by atoms with van der Waals surface area (Å²) < 4.78 is 1.87. The van der Waals surface area contributed by atoms with Crippen LogP contribution in [0.5, 0.6) is 0 Å². The molecule has 16 heavy (non-hydrogen) atoms. The Morgan fingerprint density at radius 1 is 1.62 bits per heavy atom. The Bertz CT molecular complexity index is 409. The van der Waals surface area contributed by atoms with Crippen molar-refractivity contribution in [3.8, 4) is 11.8 Å². The van der Waals surface area contributed by atoms with Crippen molar-refractivity contribution in [2.45, 2.75) is 33.2 Å². The van der Waals surface area contributed by atoms with Gasteiger partial charge in [-0.3, -0.25) is 9.48 Å². The molecule has 0 aromatic carbocycles. The maximum atomic E-state index is 10.6. The van der Waals surface area contributed by atoms with Gasteiger partial charge in [0.25, 0.3) is 0 Å². The highest BCUT2D eigenvalue weighted by atomic mass is 16.1. The van der Waals surface area contributed by atoms with Crippen LogP contribution in [0.25, 0.3) is 0 Å². The highest BCUT2D eigenvalue weighted by molar-refractivity contribution is 5.72. The predicted molar refractivity (Wildman–Crippen MR) is 62.8 cm³/mol. The Morgan fingerprint density at radius 2 is 2.38 bits per heavy atom. The summed E-state index contributed by atoms with van der Waals surface area (Å²) in [5, 5.41) is 6.88. The van der Waals surface area contributed by atoms with Crippen LogP contribution in [0.1, 0.15) is 38.8 Å². The molecule has 0 aliphatic heterocycles. The minimum absolute atomic E-state index is 0.0190. The topological polar surface area (TPSA) is 46.9 Å². The first-order valence-corrected chi connectivity index (χ1v) is 5.37. The monoisotopic (exact) mass is 219 g/mol. The van der Waals surface area contributed by atoms with Crippen LogP contribution in [0.3, 0.4) is 0 Å². The molecule has 0 aliphatic carbocycles. The highest BCUT2D eigenvalue weighted by Crippen LogP contribution is 2.03. The SMILES string of the molecule is CC(=O)NCCC#Cc1cnn(C(C)C)c1. The Balaban J connectivity index is 2.41. The standard InChI is InChI=1S/C12H17N3O/c1-10(2)15-9-12(8-14-15)6-4-5-7-13-11(3)16/h8-10H,5,7H2,1-3H3,(H,13,16). The Hall–Kier alpha value is -1.76. The summed E-state index contributed by atoms with van der Waals surface area (Å²) in [4.78, 5) is 10.6. The lowest BCUT2D eigenvalue weighted by molar-refractivity contribution is -0.118. The van der Waals surface area contributed by atoms with Crippen LogP contribution in [0, 0.1) is 11.8 Å². The molecule has 1 amide bonds. The van der Waals surface area contributed by atoms with Crippen LogP contribution < -0.4 is 5.32 Å². The Labute approximate surface area is 96.0 Å². The van der Waals surface area contributed by atoms with Crippen molar-refractivity contribution in [3.05, 3.63) is 18.0 Å². The van der Waals surface area contributed by atoms with Crippen molar-refractivity contribution in [2.75, 3.05) is 6.54 Å². The third-order valence-corrected chi connectivity index (χ3v) is 1.99. The summed E-state index contributed by atoms with van der Waals surface area (Å²) in [5.41, 5.74) is 0.913. The third kappa shape index (κ3) is 4.18. The first kappa shape index (κ1) is 12.3. The molecule has 0 unspecified atom stereocenters. The lowest BCUT2D eigenvalue weighted by atomic mass is 10.3. The average molecular weight is 219 g/mol. The lowest BCUT2D eigenvalue weighted by Crippen LogP contribution is -2.20. The van der Waals surface area contributed by atoms with E-state index in [1.54, 1.807) is 6.20 Å². The fourth-order valence-corrected chi connectivity index (χ4v) is 1.15. The number of aromatic nitrogens is 2. The van der Waals surface area contributed by atoms with Crippen molar-refractivity contribution in [3.63, 3.8) is 0 Å². The Kier molecular flexibility index (Phi) is 4.59. The molecule has 0 saturated carbocycles. The van der Waals surface area contributed by atoms with Crippen molar-refractivity contribution in [1.29, 1.82) is 0 Å². The summed E-state index contributed by atoms with van der Waals surface area (Å²) >= 11 is 0. The molecule has 0 radical (unpaired) electrons. The second kappa shape index (κ2) is 5.96. The minimum atomic E-state index is -0.0190. The van der Waals surface area contributed by atoms with Crippen molar-refractivity contribution in [2.24, 2.45) is 0 Å². The number of carbonyl (C=O) groups is 1. The molecule has 1 rings (SSSR count). The quantitative estimate of drug-likeness (QED) is 0.616. The van der Waals surface area contributed by atoms with Gasteiger partial charge in [-0.2, -0.15) is 5.10 Å². The average Bonchev–Trinajstić information content (AvgIpc) is 2.65. The molecular weight excluding hydrogens is 202 g/mol. The van der Waals surface area contributed by atoms with E-state index in [9.17, 15) is 4.79 Å². The zero-order valence-electron chi connectivity index (χ0n) is 9.95. The highest BCUT2D eigenvalue weighted by Gasteiger charge is 1.98. The second-order valence-corrected chi connectivity index (χ2v) is 3.84. The summed E-state index contributed by atoms with van der Waals surface area (Å²) in [6.45, 7) is 6.24. The molecule has 1 aromatic heterocycles. The van der Waals surface area contributed by atoms with Crippen LogP contribution in [0.4, 0.5) is 0 Å². The number of rotatable bonds is 3. The molecular formula is C12H17N3O. The van der Waals surface area contributed by atoms with E-state index in [0.29, 0.717) is 19.0 Å². The van der Waals surface area contributed by atoms with Gasteiger partial charge in [0.05, 0.1) is 11.8 Å². The molecule has 0 bridgehead atoms. The number of amides is 1. The van der Waals surface area contributed by atoms with Gasteiger partial charge in [0, 0.05) is 32.1 Å². The maximum absolute atomic E-state index is 10.6. The fraction of sp³-hybridized carbons (Fsp3) is 0.500. The van der Waals surface area contributed by atoms with Gasteiger partial charge in [-0.25, -0.2) is 0 Å². The van der Waals surface area contributed by atoms with E-state index in [1.165, 1.54) is 6.92 Å². The van der Waals surface area contributed by atoms with Gasteiger partial charge in [0.2, 0.25) is 5.91 Å². The second-order valence-electron chi connectivity index (χ2n) is 3.84. The molecule has 0 spiro atoms. The molecule has 1 heterocycles. The zero-order valence-corrected chi connectivity index (χ0v) is 9.95. The molecule has 1 aromatic rings. The molecule has 86 valence electrons. The van der Waals surface area contributed by atoms with E-state index in [1.807, 2.05) is 10.9 Å². The molecule has 0 aliphatic rings. The van der Waals surface area contributed by atoms with Gasteiger partial charge < -0.3 is 5.32 Å². The molecule has 4 heteroatoms. The van der Waals surface area contributed by atoms with Gasteiger partial charge >= 0.3 is 0 Å². The van der Waals surface area contributed by atoms with E-state index < -0.39 is 0 Å². The number of carbonyl (C=O) groups excluding carboxylic acids is 1. The first-order chi connectivity index (χ1) is 7.59. The molecule has 0 fully saturated rings. The Morgan fingerprint density at radius 3 is 2.94 bits per heavy atom. The molecule has 0 atom stereocenters. The van der Waals surface area contributed by atoms with Crippen LogP contribution in [-0.4, -0.2) is 22.2 Å². The smallest absolute Gasteiger partial charge is 0.216 e. The van der Waals surface area contributed by atoms with E-state index >= 15 is 0 Å². The third-order valence-electron chi connectivity index (χ3n) is 1.99. The van der Waals surface area contributed by atoms with Gasteiger partial charge in [-0.1, -0.05) is 11.8 Å². The van der Waals surface area contributed by atoms with Gasteiger partial charge in [-0.15, -0.1) is 0 Å². The van der Waals surface area contributed by atoms with Crippen LogP contribution in [-0.2, 0) is 4.79 Å². The summed E-state index contributed by atoms with van der Waals surface area (Å²) in [6.07, 6.45) is 4.34. The normalized spacial score (nSPS) is 9.75. The van der Waals surface area contributed by atoms with Crippen molar-refractivity contribution in [1.82, 2.24) is 15.1 Å². The molecule has 1 N–H and O–H groups in total. The summed E-state index contributed by atoms with van der Waals surface area (Å²) in [6, 6.07) is 0.356. The lowest BCUT2D eigenvalue weighted by Gasteiger charge is -2.02. The van der Waals surface area contributed by atoms with Crippen molar-refractivity contribution < 1.29 is 4.79 Å². The number of hydrogen-bond acceptors (Lipinski definition) is 2. The van der Waals surface area contributed by atoms with E-state index in [-0.39, 0.29) is 5.91 Å². The largest absolute Gasteiger partial charge is 0.355 e. The summed E-state index contributed by atoms with van der Waals surface area (Å²) in [5.74, 6) is 5.98. The van der Waals surface area contributed by atoms with Gasteiger partial charge in [0.15, 0.2) is 0 Å². The predicted octanol–water partition coefficient (Wildman–Crippen LogP) is 1.34. The fourth-order valence-electron chi connectivity index (χ4n) is 1.15. The van der Waals surface area contributed by atoms with Crippen molar-refractivity contribution >= 4 is 5.91 Å². The van der Waals surface area contributed by atoms with E-state index in [4.69, 9.17) is 0 Å². The molecule has 0 saturated heterocycles. The van der Waals surface area contributed by atoms with Crippen LogP contribution in [0.2, 0.25) is 0 Å². The van der Waals surface area contributed by atoms with E-state index in [2.05, 4.69) is 36.1 Å². The number of nitrogens with zero attached hydrogens (tertiary/aromatic N) is 2. The zero-order chi connectivity index (χ0) is 12.0. The number of hydrogen-bond donors (Lipinski definition) is 1. The minimum Gasteiger partial charge on any atom is -0.355 e. The van der Waals surface area contributed by atoms with E-state index in [0.717, 1.165) is 5.56 Å². The van der Waals surface area contributed by atoms with Crippen LogP contribution in [0.15, 0.2) is 12.4 Å². The van der Waals surface area contributed by atoms with Crippen LogP contribution >= 0.6 is 0 Å². The first-order valence-electron chi connectivity index (χ1n) is 5.37.